The number of benzene rings is 1. The predicted molar refractivity (Wildman–Crippen MR) is 81.8 cm³/mol. The molecule has 0 saturated carbocycles. The number of carbonyl (C=O) groups is 1. The summed E-state index contributed by atoms with van der Waals surface area (Å²) in [5.41, 5.74) is 0.517. The predicted octanol–water partition coefficient (Wildman–Crippen LogP) is 4.73. The third kappa shape index (κ3) is 5.83. The summed E-state index contributed by atoms with van der Waals surface area (Å²) in [5.74, 6) is 0.119. The molecule has 0 aliphatic rings. The molecule has 0 radical (unpaired) electrons. The van der Waals surface area contributed by atoms with Gasteiger partial charge in [0.1, 0.15) is 5.60 Å². The second-order valence-electron chi connectivity index (χ2n) is 5.45. The largest absolute Gasteiger partial charge is 0.444 e. The average Bonchev–Trinajstić information content (AvgIpc) is 2.23. The Morgan fingerprint density at radius 3 is 2.63 bits per heavy atom. The topological polar surface area (TPSA) is 38.3 Å². The minimum atomic E-state index is -0.484. The Balaban J connectivity index is 2.56. The molecule has 106 valence electrons. The summed E-state index contributed by atoms with van der Waals surface area (Å²) in [7, 11) is 0. The normalized spacial score (nSPS) is 12.9. The summed E-state index contributed by atoms with van der Waals surface area (Å²) < 4.78 is 6.12. The van der Waals surface area contributed by atoms with Crippen LogP contribution in [0.25, 0.3) is 0 Å². The van der Waals surface area contributed by atoms with Gasteiger partial charge in [-0.25, -0.2) is 4.79 Å². The molecule has 0 aliphatic carbocycles. The summed E-state index contributed by atoms with van der Waals surface area (Å²) in [6.45, 7) is 7.99. The summed E-state index contributed by atoms with van der Waals surface area (Å²) in [6, 6.07) is 5.74. The van der Waals surface area contributed by atoms with Crippen molar-refractivity contribution in [3.63, 3.8) is 0 Å². The van der Waals surface area contributed by atoms with E-state index in [0.29, 0.717) is 11.6 Å². The molecule has 1 unspecified atom stereocenters. The average molecular weight is 349 g/mol. The maximum Gasteiger partial charge on any atom is 0.407 e. The third-order valence-corrected chi connectivity index (χ3v) is 3.27. The van der Waals surface area contributed by atoms with E-state index in [2.05, 4.69) is 21.2 Å². The molecule has 0 bridgehead atoms. The smallest absolute Gasteiger partial charge is 0.407 e. The Labute approximate surface area is 127 Å². The summed E-state index contributed by atoms with van der Waals surface area (Å²) in [5, 5.41) is 3.44. The van der Waals surface area contributed by atoms with Gasteiger partial charge in [-0.05, 0) is 38.5 Å². The van der Waals surface area contributed by atoms with Gasteiger partial charge >= 0.3 is 6.09 Å². The van der Waals surface area contributed by atoms with Crippen molar-refractivity contribution in [3.05, 3.63) is 33.3 Å². The van der Waals surface area contributed by atoms with Crippen molar-refractivity contribution in [1.29, 1.82) is 0 Å². The fraction of sp³-hybridized carbons (Fsp3) is 0.500. The second kappa shape index (κ2) is 6.62. The quantitative estimate of drug-likeness (QED) is 0.857. The zero-order chi connectivity index (χ0) is 14.6. The SMILES string of the molecule is CC(CNC(=O)OC(C)(C)C)c1ccc(Br)cc1Cl. The number of amides is 1. The minimum Gasteiger partial charge on any atom is -0.444 e. The van der Waals surface area contributed by atoms with Gasteiger partial charge in [-0.2, -0.15) is 0 Å². The van der Waals surface area contributed by atoms with E-state index in [4.69, 9.17) is 16.3 Å². The first-order valence-electron chi connectivity index (χ1n) is 6.11. The molecule has 0 spiro atoms. The molecule has 1 N–H and O–H groups in total. The van der Waals surface area contributed by atoms with Crippen molar-refractivity contribution in [3.8, 4) is 0 Å². The number of rotatable bonds is 3. The van der Waals surface area contributed by atoms with Gasteiger partial charge < -0.3 is 10.1 Å². The highest BCUT2D eigenvalue weighted by Gasteiger charge is 2.17. The molecule has 3 nitrogen and oxygen atoms in total. The number of alkyl carbamates (subject to hydrolysis) is 1. The molecule has 0 saturated heterocycles. The lowest BCUT2D eigenvalue weighted by atomic mass is 10.0. The molecule has 19 heavy (non-hydrogen) atoms. The van der Waals surface area contributed by atoms with E-state index in [0.717, 1.165) is 10.0 Å². The van der Waals surface area contributed by atoms with Crippen LogP contribution in [0, 0.1) is 0 Å². The molecule has 0 heterocycles. The first-order chi connectivity index (χ1) is 8.69. The first kappa shape index (κ1) is 16.3. The van der Waals surface area contributed by atoms with E-state index >= 15 is 0 Å². The fourth-order valence-electron chi connectivity index (χ4n) is 1.56. The Morgan fingerprint density at radius 2 is 2.11 bits per heavy atom. The van der Waals surface area contributed by atoms with Gasteiger partial charge in [0, 0.05) is 22.0 Å². The van der Waals surface area contributed by atoms with Gasteiger partial charge in [-0.15, -0.1) is 0 Å². The van der Waals surface area contributed by atoms with Crippen molar-refractivity contribution in [2.75, 3.05) is 6.54 Å². The number of hydrogen-bond acceptors (Lipinski definition) is 2. The summed E-state index contributed by atoms with van der Waals surface area (Å²) >= 11 is 9.54. The van der Waals surface area contributed by atoms with Crippen LogP contribution in [-0.2, 0) is 4.74 Å². The van der Waals surface area contributed by atoms with Gasteiger partial charge in [0.15, 0.2) is 0 Å². The molecule has 1 aromatic rings. The Kier molecular flexibility index (Phi) is 5.68. The van der Waals surface area contributed by atoms with Crippen LogP contribution in [0.1, 0.15) is 39.2 Å². The highest BCUT2D eigenvalue weighted by Crippen LogP contribution is 2.27. The maximum atomic E-state index is 11.6. The van der Waals surface area contributed by atoms with Crippen LogP contribution >= 0.6 is 27.5 Å². The Morgan fingerprint density at radius 1 is 1.47 bits per heavy atom. The maximum absolute atomic E-state index is 11.6. The highest BCUT2D eigenvalue weighted by atomic mass is 79.9. The number of hydrogen-bond donors (Lipinski definition) is 1. The van der Waals surface area contributed by atoms with Crippen LogP contribution in [0.3, 0.4) is 0 Å². The van der Waals surface area contributed by atoms with Crippen LogP contribution in [-0.4, -0.2) is 18.2 Å². The van der Waals surface area contributed by atoms with Crippen LogP contribution in [0.4, 0.5) is 4.79 Å². The van der Waals surface area contributed by atoms with Crippen LogP contribution < -0.4 is 5.32 Å². The van der Waals surface area contributed by atoms with Gasteiger partial charge in [0.25, 0.3) is 0 Å². The second-order valence-corrected chi connectivity index (χ2v) is 6.77. The van der Waals surface area contributed by atoms with Gasteiger partial charge in [0.2, 0.25) is 0 Å². The van der Waals surface area contributed by atoms with E-state index < -0.39 is 11.7 Å². The molecule has 0 fully saturated rings. The van der Waals surface area contributed by atoms with Gasteiger partial charge in [-0.3, -0.25) is 0 Å². The van der Waals surface area contributed by atoms with Crippen molar-refractivity contribution in [2.24, 2.45) is 0 Å². The highest BCUT2D eigenvalue weighted by molar-refractivity contribution is 9.10. The van der Waals surface area contributed by atoms with Crippen LogP contribution in [0.2, 0.25) is 5.02 Å². The zero-order valence-electron chi connectivity index (χ0n) is 11.6. The summed E-state index contributed by atoms with van der Waals surface area (Å²) in [4.78, 5) is 11.6. The zero-order valence-corrected chi connectivity index (χ0v) is 13.9. The molecular weight excluding hydrogens is 330 g/mol. The first-order valence-corrected chi connectivity index (χ1v) is 7.28. The van der Waals surface area contributed by atoms with Gasteiger partial charge in [0.05, 0.1) is 0 Å². The fourth-order valence-corrected chi connectivity index (χ4v) is 2.42. The standard InChI is InChI=1S/C14H19BrClNO2/c1-9(8-17-13(18)19-14(2,3)4)11-6-5-10(15)7-12(11)16/h5-7,9H,8H2,1-4H3,(H,17,18). The number of nitrogens with one attached hydrogen (secondary N) is 1. The van der Waals surface area contributed by atoms with Crippen molar-refractivity contribution >= 4 is 33.6 Å². The molecule has 1 amide bonds. The Bertz CT molecular complexity index is 457. The molecule has 1 atom stereocenters. The van der Waals surface area contributed by atoms with Gasteiger partial charge in [-0.1, -0.05) is 40.5 Å². The van der Waals surface area contributed by atoms with Crippen LogP contribution in [0.15, 0.2) is 22.7 Å². The molecule has 0 aliphatic heterocycles. The van der Waals surface area contributed by atoms with E-state index in [1.54, 1.807) is 0 Å². The van der Waals surface area contributed by atoms with E-state index in [9.17, 15) is 4.79 Å². The lowest BCUT2D eigenvalue weighted by Crippen LogP contribution is -2.34. The van der Waals surface area contributed by atoms with Crippen LogP contribution in [0.5, 0.6) is 0 Å². The minimum absolute atomic E-state index is 0.119. The van der Waals surface area contributed by atoms with Crippen molar-refractivity contribution < 1.29 is 9.53 Å². The lowest BCUT2D eigenvalue weighted by molar-refractivity contribution is 0.0525. The molecule has 1 aromatic carbocycles. The van der Waals surface area contributed by atoms with Crippen molar-refractivity contribution in [2.45, 2.75) is 39.2 Å². The number of carbonyl (C=O) groups excluding carboxylic acids is 1. The molecule has 1 rings (SSSR count). The van der Waals surface area contributed by atoms with E-state index in [1.165, 1.54) is 0 Å². The number of ether oxygens (including phenoxy) is 1. The molecule has 5 heteroatoms. The number of halogens is 2. The van der Waals surface area contributed by atoms with E-state index in [-0.39, 0.29) is 5.92 Å². The summed E-state index contributed by atoms with van der Waals surface area (Å²) in [6.07, 6.45) is -0.410. The lowest BCUT2D eigenvalue weighted by Gasteiger charge is -2.21. The third-order valence-electron chi connectivity index (χ3n) is 2.44. The molecule has 0 aromatic heterocycles. The van der Waals surface area contributed by atoms with E-state index in [1.807, 2.05) is 45.9 Å². The monoisotopic (exact) mass is 347 g/mol. The Hall–Kier alpha value is -0.740. The van der Waals surface area contributed by atoms with Crippen molar-refractivity contribution in [1.82, 2.24) is 5.32 Å². The molecular formula is C14H19BrClNO2.